The number of Topliss-reactive ketones (excluding diaryl/α,β-unsaturated/α-hetero) is 1. The number of rotatable bonds is 7. The zero-order chi connectivity index (χ0) is 21.6. The maximum Gasteiger partial charge on any atom is 0.308 e. The normalized spacial score (nSPS) is 26.8. The van der Waals surface area contributed by atoms with Crippen LogP contribution >= 0.6 is 11.6 Å². The molecule has 0 unspecified atom stereocenters. The maximum atomic E-state index is 12.6. The summed E-state index contributed by atoms with van der Waals surface area (Å²) < 4.78 is 4.93. The first kappa shape index (κ1) is 20.5. The predicted octanol–water partition coefficient (Wildman–Crippen LogP) is 2.40. The van der Waals surface area contributed by atoms with Crippen LogP contribution in [0.2, 0.25) is 5.02 Å². The van der Waals surface area contributed by atoms with Crippen LogP contribution in [-0.4, -0.2) is 46.5 Å². The summed E-state index contributed by atoms with van der Waals surface area (Å²) in [5, 5.41) is 10.8. The van der Waals surface area contributed by atoms with Crippen molar-refractivity contribution in [2.24, 2.45) is 23.7 Å². The zero-order valence-corrected chi connectivity index (χ0v) is 16.7. The highest BCUT2D eigenvalue weighted by atomic mass is 35.5. The van der Waals surface area contributed by atoms with Crippen LogP contribution in [0.1, 0.15) is 36.0 Å². The van der Waals surface area contributed by atoms with Gasteiger partial charge in [-0.25, -0.2) is 0 Å². The SMILES string of the molecule is O=C(CCN1C(=O)[C@@H]2[C@H]3CC[C@@H](C3)[C@@H]2C1=O)OCC(=O)c1ccc(Cl)c([N+](=O)[O-])c1. The van der Waals surface area contributed by atoms with Gasteiger partial charge >= 0.3 is 5.97 Å². The molecule has 10 heteroatoms. The third kappa shape index (κ3) is 3.47. The van der Waals surface area contributed by atoms with Gasteiger partial charge in [0.1, 0.15) is 5.02 Å². The first-order chi connectivity index (χ1) is 14.3. The lowest BCUT2D eigenvalue weighted by Gasteiger charge is -2.19. The Morgan fingerprint density at radius 3 is 2.40 bits per heavy atom. The number of benzene rings is 1. The Labute approximate surface area is 176 Å². The number of likely N-dealkylation sites (tertiary alicyclic amines) is 1. The molecule has 1 aliphatic heterocycles. The standard InChI is InChI=1S/C20H19ClN2O7/c21-13-4-3-10(8-14(13)23(28)29)15(24)9-30-16(25)5-6-22-19(26)17-11-1-2-12(7-11)18(17)20(22)27/h3-4,8,11-12,17-18H,1-2,5-7,9H2/t11-,12-,17-,18+/m0/s1. The molecule has 1 saturated heterocycles. The summed E-state index contributed by atoms with van der Waals surface area (Å²) in [6, 6.07) is 3.55. The van der Waals surface area contributed by atoms with Crippen molar-refractivity contribution in [3.63, 3.8) is 0 Å². The molecule has 2 bridgehead atoms. The molecule has 0 radical (unpaired) electrons. The molecule has 158 valence electrons. The second-order valence-corrected chi connectivity index (χ2v) is 8.38. The fraction of sp³-hybridized carbons (Fsp3) is 0.500. The number of amides is 2. The molecule has 2 saturated carbocycles. The molecule has 9 nitrogen and oxygen atoms in total. The second kappa shape index (κ2) is 7.79. The third-order valence-electron chi connectivity index (χ3n) is 6.39. The topological polar surface area (TPSA) is 124 Å². The quantitative estimate of drug-likeness (QED) is 0.212. The van der Waals surface area contributed by atoms with E-state index in [1.165, 1.54) is 12.1 Å². The summed E-state index contributed by atoms with van der Waals surface area (Å²) in [5.41, 5.74) is -0.425. The van der Waals surface area contributed by atoms with E-state index in [4.69, 9.17) is 16.3 Å². The minimum absolute atomic E-state index is 0.00732. The number of esters is 1. The van der Waals surface area contributed by atoms with E-state index >= 15 is 0 Å². The maximum absolute atomic E-state index is 12.6. The average Bonchev–Trinajstić information content (AvgIpc) is 3.39. The first-order valence-corrected chi connectivity index (χ1v) is 10.1. The van der Waals surface area contributed by atoms with Gasteiger partial charge in [-0.15, -0.1) is 0 Å². The lowest BCUT2D eigenvalue weighted by atomic mass is 9.81. The minimum atomic E-state index is -0.729. The van der Waals surface area contributed by atoms with Crippen molar-refractivity contribution in [1.29, 1.82) is 0 Å². The van der Waals surface area contributed by atoms with Crippen molar-refractivity contribution in [2.75, 3.05) is 13.2 Å². The van der Waals surface area contributed by atoms with Gasteiger partial charge in [0.2, 0.25) is 17.6 Å². The Balaban J connectivity index is 1.29. The van der Waals surface area contributed by atoms with Gasteiger partial charge in [-0.2, -0.15) is 0 Å². The number of ketones is 1. The summed E-state index contributed by atoms with van der Waals surface area (Å²) in [6.07, 6.45) is 2.69. The van der Waals surface area contributed by atoms with Crippen LogP contribution in [0.4, 0.5) is 5.69 Å². The van der Waals surface area contributed by atoms with Crippen LogP contribution in [0.25, 0.3) is 0 Å². The van der Waals surface area contributed by atoms with Crippen LogP contribution in [0.15, 0.2) is 18.2 Å². The third-order valence-corrected chi connectivity index (χ3v) is 6.71. The van der Waals surface area contributed by atoms with Gasteiger partial charge in [-0.1, -0.05) is 11.6 Å². The summed E-state index contributed by atoms with van der Waals surface area (Å²) in [4.78, 5) is 60.7. The Morgan fingerprint density at radius 1 is 1.17 bits per heavy atom. The highest BCUT2D eigenvalue weighted by Crippen LogP contribution is 2.56. The number of carbonyl (C=O) groups excluding carboxylic acids is 4. The van der Waals surface area contributed by atoms with Crippen molar-refractivity contribution in [2.45, 2.75) is 25.7 Å². The molecular formula is C20H19ClN2O7. The molecule has 1 aromatic carbocycles. The number of fused-ring (bicyclic) bond motifs is 5. The number of halogens is 1. The molecule has 0 N–H and O–H groups in total. The molecule has 30 heavy (non-hydrogen) atoms. The van der Waals surface area contributed by atoms with E-state index in [0.29, 0.717) is 0 Å². The molecule has 0 spiro atoms. The van der Waals surface area contributed by atoms with Gasteiger partial charge in [0, 0.05) is 18.2 Å². The number of hydrogen-bond donors (Lipinski definition) is 0. The summed E-state index contributed by atoms with van der Waals surface area (Å²) in [6.45, 7) is -0.668. The van der Waals surface area contributed by atoms with Crippen LogP contribution in [-0.2, 0) is 19.1 Å². The second-order valence-electron chi connectivity index (χ2n) is 7.97. The van der Waals surface area contributed by atoms with Gasteiger partial charge < -0.3 is 4.74 Å². The Hall–Kier alpha value is -2.81. The summed E-state index contributed by atoms with van der Waals surface area (Å²) in [7, 11) is 0. The molecule has 2 amide bonds. The van der Waals surface area contributed by atoms with Crippen molar-refractivity contribution in [1.82, 2.24) is 4.90 Å². The largest absolute Gasteiger partial charge is 0.457 e. The van der Waals surface area contributed by atoms with Crippen molar-refractivity contribution in [3.05, 3.63) is 38.9 Å². The molecule has 1 heterocycles. The molecule has 4 atom stereocenters. The lowest BCUT2D eigenvalue weighted by Crippen LogP contribution is -2.35. The van der Waals surface area contributed by atoms with Crippen LogP contribution in [0.5, 0.6) is 0 Å². The van der Waals surface area contributed by atoms with Gasteiger partial charge in [0.05, 0.1) is 23.2 Å². The smallest absolute Gasteiger partial charge is 0.308 e. The van der Waals surface area contributed by atoms with Crippen LogP contribution in [0, 0.1) is 33.8 Å². The average molecular weight is 435 g/mol. The number of ether oxygens (including phenoxy) is 1. The molecule has 0 aromatic heterocycles. The molecule has 3 aliphatic rings. The number of nitro benzene ring substituents is 1. The highest BCUT2D eigenvalue weighted by Gasteiger charge is 2.60. The van der Waals surface area contributed by atoms with Crippen molar-refractivity contribution >= 4 is 40.9 Å². The molecular weight excluding hydrogens is 416 g/mol. The van der Waals surface area contributed by atoms with Gasteiger partial charge in [-0.3, -0.25) is 34.2 Å². The summed E-state index contributed by atoms with van der Waals surface area (Å²) >= 11 is 5.71. The zero-order valence-electron chi connectivity index (χ0n) is 15.9. The number of imide groups is 1. The minimum Gasteiger partial charge on any atom is -0.457 e. The van der Waals surface area contributed by atoms with Crippen molar-refractivity contribution in [3.8, 4) is 0 Å². The van der Waals surface area contributed by atoms with E-state index in [-0.39, 0.29) is 59.0 Å². The van der Waals surface area contributed by atoms with E-state index in [0.717, 1.165) is 30.2 Å². The van der Waals surface area contributed by atoms with Gasteiger partial charge in [0.15, 0.2) is 6.61 Å². The van der Waals surface area contributed by atoms with Crippen LogP contribution in [0.3, 0.4) is 0 Å². The number of hydrogen-bond acceptors (Lipinski definition) is 7. The van der Waals surface area contributed by atoms with E-state index in [9.17, 15) is 29.3 Å². The lowest BCUT2D eigenvalue weighted by molar-refractivity contribution is -0.384. The highest BCUT2D eigenvalue weighted by molar-refractivity contribution is 6.32. The van der Waals surface area contributed by atoms with E-state index in [1.807, 2.05) is 0 Å². The molecule has 2 aliphatic carbocycles. The predicted molar refractivity (Wildman–Crippen MR) is 103 cm³/mol. The fourth-order valence-corrected chi connectivity index (χ4v) is 5.21. The Kier molecular flexibility index (Phi) is 5.31. The number of carbonyl (C=O) groups is 4. The Morgan fingerprint density at radius 2 is 1.80 bits per heavy atom. The summed E-state index contributed by atoms with van der Waals surface area (Å²) in [5.74, 6) is -1.69. The van der Waals surface area contributed by atoms with E-state index in [2.05, 4.69) is 0 Å². The fourth-order valence-electron chi connectivity index (χ4n) is 5.02. The first-order valence-electron chi connectivity index (χ1n) is 9.76. The molecule has 1 aromatic rings. The molecule has 4 rings (SSSR count). The van der Waals surface area contributed by atoms with Gasteiger partial charge in [-0.05, 0) is 43.2 Å². The number of nitro groups is 1. The monoisotopic (exact) mass is 434 g/mol. The van der Waals surface area contributed by atoms with Crippen LogP contribution < -0.4 is 0 Å². The van der Waals surface area contributed by atoms with E-state index < -0.39 is 29.0 Å². The Bertz CT molecular complexity index is 934. The van der Waals surface area contributed by atoms with E-state index in [1.54, 1.807) is 0 Å². The van der Waals surface area contributed by atoms with Crippen molar-refractivity contribution < 1.29 is 28.8 Å². The molecule has 3 fully saturated rings. The van der Waals surface area contributed by atoms with Gasteiger partial charge in [0.25, 0.3) is 5.69 Å². The number of nitrogens with zero attached hydrogens (tertiary/aromatic N) is 2.